The zero-order valence-corrected chi connectivity index (χ0v) is 23.2. The van der Waals surface area contributed by atoms with E-state index in [1.54, 1.807) is 29.3 Å². The lowest BCUT2D eigenvalue weighted by Gasteiger charge is -2.38. The molecule has 2 aromatic carbocycles. The van der Waals surface area contributed by atoms with Gasteiger partial charge in [-0.1, -0.05) is 18.2 Å². The number of carbonyl (C=O) groups excluding carboxylic acids is 3. The second-order valence-electron chi connectivity index (χ2n) is 10.3. The van der Waals surface area contributed by atoms with E-state index in [9.17, 15) is 14.4 Å². The van der Waals surface area contributed by atoms with E-state index in [0.717, 1.165) is 16.8 Å². The normalized spacial score (nSPS) is 19.7. The van der Waals surface area contributed by atoms with Crippen LogP contribution in [0.5, 0.6) is 17.2 Å². The van der Waals surface area contributed by atoms with Crippen molar-refractivity contribution >= 4 is 17.7 Å². The number of likely N-dealkylation sites (tertiary alicyclic amines) is 1. The molecule has 0 spiro atoms. The van der Waals surface area contributed by atoms with E-state index in [1.807, 2.05) is 43.3 Å². The van der Waals surface area contributed by atoms with E-state index in [4.69, 9.17) is 14.2 Å². The van der Waals surface area contributed by atoms with Gasteiger partial charge in [0.25, 0.3) is 11.8 Å². The average molecular weight is 559 g/mol. The summed E-state index contributed by atoms with van der Waals surface area (Å²) in [6.45, 7) is 2.76. The fourth-order valence-electron chi connectivity index (χ4n) is 4.96. The Balaban J connectivity index is 1.37. The zero-order valence-electron chi connectivity index (χ0n) is 23.2. The number of nitrogens with zero attached hydrogens (tertiary/aromatic N) is 2. The summed E-state index contributed by atoms with van der Waals surface area (Å²) in [5, 5.41) is 5.98. The van der Waals surface area contributed by atoms with Gasteiger partial charge in [0.05, 0.1) is 18.7 Å². The minimum atomic E-state index is -0.476. The van der Waals surface area contributed by atoms with Crippen molar-refractivity contribution in [1.82, 2.24) is 20.5 Å². The van der Waals surface area contributed by atoms with E-state index >= 15 is 0 Å². The van der Waals surface area contributed by atoms with E-state index in [1.165, 1.54) is 7.11 Å². The lowest BCUT2D eigenvalue weighted by molar-refractivity contribution is -0.125. The Morgan fingerprint density at radius 3 is 2.59 bits per heavy atom. The van der Waals surface area contributed by atoms with Crippen molar-refractivity contribution in [2.24, 2.45) is 0 Å². The molecule has 0 radical (unpaired) electrons. The van der Waals surface area contributed by atoms with Crippen LogP contribution in [0.4, 0.5) is 0 Å². The van der Waals surface area contributed by atoms with Crippen molar-refractivity contribution in [3.8, 4) is 17.2 Å². The summed E-state index contributed by atoms with van der Waals surface area (Å²) < 4.78 is 17.6. The minimum absolute atomic E-state index is 0.0544. The number of hydrogen-bond donors (Lipinski definition) is 2. The molecule has 4 bridgehead atoms. The van der Waals surface area contributed by atoms with Crippen LogP contribution in [-0.4, -0.2) is 66.6 Å². The summed E-state index contributed by atoms with van der Waals surface area (Å²) in [7, 11) is 1.53. The number of ether oxygens (including phenoxy) is 3. The third-order valence-electron chi connectivity index (χ3n) is 7.27. The second-order valence-corrected chi connectivity index (χ2v) is 10.3. The van der Waals surface area contributed by atoms with Gasteiger partial charge in [0, 0.05) is 44.4 Å². The number of nitrogens with one attached hydrogen (secondary N) is 2. The maximum absolute atomic E-state index is 13.2. The molecule has 1 fully saturated rings. The summed E-state index contributed by atoms with van der Waals surface area (Å²) in [6.07, 6.45) is 2.58. The highest BCUT2D eigenvalue weighted by molar-refractivity contribution is 5.94. The molecule has 2 atom stereocenters. The first-order chi connectivity index (χ1) is 19.9. The molecule has 1 aromatic heterocycles. The van der Waals surface area contributed by atoms with Crippen molar-refractivity contribution in [1.29, 1.82) is 0 Å². The Hall–Kier alpha value is -4.60. The van der Waals surface area contributed by atoms with Gasteiger partial charge < -0.3 is 29.7 Å². The van der Waals surface area contributed by atoms with Crippen molar-refractivity contribution in [3.05, 3.63) is 83.2 Å². The van der Waals surface area contributed by atoms with Gasteiger partial charge in [-0.3, -0.25) is 19.4 Å². The Labute approximate surface area is 239 Å². The van der Waals surface area contributed by atoms with Gasteiger partial charge in [0.2, 0.25) is 5.91 Å². The monoisotopic (exact) mass is 558 g/mol. The van der Waals surface area contributed by atoms with Gasteiger partial charge >= 0.3 is 0 Å². The van der Waals surface area contributed by atoms with E-state index in [-0.39, 0.29) is 37.0 Å². The molecule has 1 saturated heterocycles. The summed E-state index contributed by atoms with van der Waals surface area (Å²) in [5.74, 6) is 0.992. The zero-order chi connectivity index (χ0) is 28.8. The highest BCUT2D eigenvalue weighted by Crippen LogP contribution is 2.29. The summed E-state index contributed by atoms with van der Waals surface area (Å²) >= 11 is 0. The molecule has 214 valence electrons. The Bertz CT molecular complexity index is 1390. The standard InChI is InChI=1S/C31H34N4O6/c1-20-3-8-23(17-32-20)31(38)35-14-13-26-25(18-35)34-30(37)19-40-27-11-6-21(15-28(27)39-2)7-12-29(36)33-16-22-4-9-24(41-26)10-5-22/h3-6,8-11,15,17,25-26H,7,12-14,16,18-19H2,1-2H3,(H,33,36)(H,34,37)/t25-,26-/m1/s1. The largest absolute Gasteiger partial charge is 0.493 e. The van der Waals surface area contributed by atoms with Crippen LogP contribution in [0, 0.1) is 6.92 Å². The van der Waals surface area contributed by atoms with Crippen LogP contribution >= 0.6 is 0 Å². The number of hydrogen-bond acceptors (Lipinski definition) is 7. The second kappa shape index (κ2) is 12.7. The van der Waals surface area contributed by atoms with Crippen LogP contribution in [0.3, 0.4) is 0 Å². The first-order valence-corrected chi connectivity index (χ1v) is 13.7. The molecule has 3 aromatic rings. The van der Waals surface area contributed by atoms with Gasteiger partial charge in [-0.2, -0.15) is 0 Å². The van der Waals surface area contributed by atoms with Crippen molar-refractivity contribution in [2.45, 2.75) is 44.9 Å². The maximum Gasteiger partial charge on any atom is 0.258 e. The number of aromatic nitrogens is 1. The summed E-state index contributed by atoms with van der Waals surface area (Å²) in [6, 6.07) is 16.0. The summed E-state index contributed by atoms with van der Waals surface area (Å²) in [5.41, 5.74) is 3.19. The van der Waals surface area contributed by atoms with E-state index in [0.29, 0.717) is 55.2 Å². The molecule has 3 amide bonds. The lowest BCUT2D eigenvalue weighted by atomic mass is 10.0. The third kappa shape index (κ3) is 7.13. The molecule has 8 rings (SSSR count). The van der Waals surface area contributed by atoms with Crippen LogP contribution in [-0.2, 0) is 22.6 Å². The number of benzene rings is 2. The minimum Gasteiger partial charge on any atom is -0.493 e. The maximum atomic E-state index is 13.2. The van der Waals surface area contributed by atoms with Crippen LogP contribution in [0.25, 0.3) is 0 Å². The Morgan fingerprint density at radius 1 is 1.02 bits per heavy atom. The van der Waals surface area contributed by atoms with Gasteiger partial charge in [-0.05, 0) is 60.9 Å². The molecular weight excluding hydrogens is 524 g/mol. The number of piperidine rings is 1. The molecule has 0 unspecified atom stereocenters. The van der Waals surface area contributed by atoms with E-state index < -0.39 is 6.04 Å². The van der Waals surface area contributed by atoms with Gasteiger partial charge in [0.15, 0.2) is 18.1 Å². The molecule has 6 heterocycles. The first-order valence-electron chi connectivity index (χ1n) is 13.7. The predicted molar refractivity (Wildman–Crippen MR) is 151 cm³/mol. The number of carbonyl (C=O) groups is 3. The molecule has 5 aliphatic rings. The lowest BCUT2D eigenvalue weighted by Crippen LogP contribution is -2.58. The SMILES string of the molecule is COc1cc2ccc1OCC(=O)N[C@@H]1CN(C(=O)c3ccc(C)nc3)CC[C@H]1Oc1ccc(cc1)CNC(=O)CC2. The number of pyridine rings is 1. The average Bonchev–Trinajstić information content (AvgIpc) is 2.99. The molecule has 5 aliphatic heterocycles. The quantitative estimate of drug-likeness (QED) is 0.497. The molecule has 0 aliphatic carbocycles. The fourth-order valence-corrected chi connectivity index (χ4v) is 4.96. The predicted octanol–water partition coefficient (Wildman–Crippen LogP) is 2.82. The highest BCUT2D eigenvalue weighted by atomic mass is 16.5. The number of aryl methyl sites for hydroxylation is 2. The number of methoxy groups -OCH3 is 1. The topological polar surface area (TPSA) is 119 Å². The first kappa shape index (κ1) is 27.9. The number of rotatable bonds is 2. The van der Waals surface area contributed by atoms with Gasteiger partial charge in [0.1, 0.15) is 11.9 Å². The molecule has 41 heavy (non-hydrogen) atoms. The van der Waals surface area contributed by atoms with Crippen molar-refractivity contribution in [3.63, 3.8) is 0 Å². The molecule has 0 saturated carbocycles. The smallest absolute Gasteiger partial charge is 0.258 e. The van der Waals surface area contributed by atoms with Crippen molar-refractivity contribution in [2.75, 3.05) is 26.8 Å². The van der Waals surface area contributed by atoms with E-state index in [2.05, 4.69) is 15.6 Å². The Morgan fingerprint density at radius 2 is 1.83 bits per heavy atom. The highest BCUT2D eigenvalue weighted by Gasteiger charge is 2.34. The summed E-state index contributed by atoms with van der Waals surface area (Å²) in [4.78, 5) is 44.7. The van der Waals surface area contributed by atoms with Crippen LogP contribution < -0.4 is 24.8 Å². The Kier molecular flexibility index (Phi) is 8.67. The van der Waals surface area contributed by atoms with Crippen LogP contribution in [0.15, 0.2) is 60.8 Å². The van der Waals surface area contributed by atoms with Gasteiger partial charge in [-0.25, -0.2) is 0 Å². The van der Waals surface area contributed by atoms with Crippen molar-refractivity contribution < 1.29 is 28.6 Å². The molecule has 10 heteroatoms. The van der Waals surface area contributed by atoms with Gasteiger partial charge in [-0.15, -0.1) is 0 Å². The van der Waals surface area contributed by atoms with Crippen LogP contribution in [0.2, 0.25) is 0 Å². The number of amides is 3. The molecule has 10 nitrogen and oxygen atoms in total. The van der Waals surface area contributed by atoms with Crippen LogP contribution in [0.1, 0.15) is 40.0 Å². The fraction of sp³-hybridized carbons (Fsp3) is 0.355. The molecular formula is C31H34N4O6. The molecule has 2 N–H and O–H groups in total. The third-order valence-corrected chi connectivity index (χ3v) is 7.27.